The molecule has 3 fully saturated rings. The van der Waals surface area contributed by atoms with Crippen LogP contribution in [0.1, 0.15) is 39.5 Å². The summed E-state index contributed by atoms with van der Waals surface area (Å²) in [6, 6.07) is 6.67. The number of nitrogens with zero attached hydrogens (tertiary/aromatic N) is 2. The molecule has 43 heavy (non-hydrogen) atoms. The van der Waals surface area contributed by atoms with Crippen LogP contribution < -0.4 is 9.80 Å². The van der Waals surface area contributed by atoms with Crippen molar-refractivity contribution in [2.75, 3.05) is 9.80 Å². The normalized spacial score (nSPS) is 28.8. The first-order valence-corrected chi connectivity index (χ1v) is 16.0. The van der Waals surface area contributed by atoms with Crippen LogP contribution in [0.3, 0.4) is 0 Å². The molecule has 6 atom stereocenters. The van der Waals surface area contributed by atoms with Gasteiger partial charge in [-0.3, -0.25) is 19.2 Å². The quantitative estimate of drug-likeness (QED) is 0.370. The van der Waals surface area contributed by atoms with Crippen molar-refractivity contribution >= 4 is 44.8 Å². The number of phenolic OH excluding ortho intramolecular Hbond substituents is 2. The van der Waals surface area contributed by atoms with Crippen molar-refractivity contribution in [2.24, 2.45) is 35.5 Å². The van der Waals surface area contributed by atoms with Crippen molar-refractivity contribution in [1.82, 2.24) is 0 Å². The molecule has 4 amide bonds. The van der Waals surface area contributed by atoms with Crippen molar-refractivity contribution < 1.29 is 37.8 Å². The molecule has 10 nitrogen and oxygen atoms in total. The number of rotatable bonds is 6. The van der Waals surface area contributed by atoms with Gasteiger partial charge in [0.15, 0.2) is 0 Å². The van der Waals surface area contributed by atoms with Gasteiger partial charge in [-0.15, -0.1) is 0 Å². The monoisotopic (exact) mass is 604 g/mol. The molecule has 0 bridgehead atoms. The van der Waals surface area contributed by atoms with E-state index in [2.05, 4.69) is 0 Å². The molecule has 224 valence electrons. The summed E-state index contributed by atoms with van der Waals surface area (Å²) in [5, 5.41) is 21.3. The van der Waals surface area contributed by atoms with E-state index < -0.39 is 68.6 Å². The van der Waals surface area contributed by atoms with Crippen molar-refractivity contribution in [3.8, 4) is 11.5 Å². The topological polar surface area (TPSA) is 149 Å². The molecule has 11 heteroatoms. The lowest BCUT2D eigenvalue weighted by molar-refractivity contribution is -0.124. The van der Waals surface area contributed by atoms with Gasteiger partial charge in [-0.05, 0) is 80.8 Å². The molecule has 2 aromatic carbocycles. The Hall–Kier alpha value is -4.25. The minimum atomic E-state index is -4.37. The smallest absolute Gasteiger partial charge is 0.238 e. The van der Waals surface area contributed by atoms with Gasteiger partial charge in [-0.1, -0.05) is 31.2 Å². The van der Waals surface area contributed by atoms with Gasteiger partial charge in [-0.25, -0.2) is 18.2 Å². The Balaban J connectivity index is 1.36. The van der Waals surface area contributed by atoms with Gasteiger partial charge in [0.2, 0.25) is 33.5 Å². The van der Waals surface area contributed by atoms with Gasteiger partial charge in [0.25, 0.3) is 0 Å². The molecule has 6 unspecified atom stereocenters. The number of aromatic hydroxyl groups is 2. The number of hydrogen-bond acceptors (Lipinski definition) is 8. The highest BCUT2D eigenvalue weighted by molar-refractivity contribution is 7.91. The maximum Gasteiger partial charge on any atom is 0.238 e. The molecule has 2 heterocycles. The van der Waals surface area contributed by atoms with Crippen LogP contribution in [-0.4, -0.2) is 42.3 Å². The zero-order chi connectivity index (χ0) is 30.8. The van der Waals surface area contributed by atoms with E-state index in [1.165, 1.54) is 0 Å². The second-order valence-corrected chi connectivity index (χ2v) is 13.5. The summed E-state index contributed by atoms with van der Waals surface area (Å²) in [6.45, 7) is 3.76. The molecule has 6 rings (SSSR count). The van der Waals surface area contributed by atoms with E-state index in [4.69, 9.17) is 0 Å². The third-order valence-electron chi connectivity index (χ3n) is 9.37. The summed E-state index contributed by atoms with van der Waals surface area (Å²) >= 11 is 0. The number of anilines is 2. The predicted octanol–water partition coefficient (Wildman–Crippen LogP) is 4.11. The van der Waals surface area contributed by atoms with Gasteiger partial charge in [-0.2, -0.15) is 0 Å². The highest BCUT2D eigenvalue weighted by Gasteiger charge is 2.55. The van der Waals surface area contributed by atoms with E-state index in [0.29, 0.717) is 25.7 Å². The fourth-order valence-electron chi connectivity index (χ4n) is 7.25. The highest BCUT2D eigenvalue weighted by Crippen LogP contribution is 2.48. The number of allylic oxidation sites excluding steroid dienone is 4. The summed E-state index contributed by atoms with van der Waals surface area (Å²) in [7, 11) is -4.37. The maximum atomic E-state index is 13.8. The highest BCUT2D eigenvalue weighted by atomic mass is 32.2. The van der Waals surface area contributed by atoms with Crippen molar-refractivity contribution in [3.63, 3.8) is 0 Å². The number of phenols is 2. The molecule has 0 radical (unpaired) electrons. The summed E-state index contributed by atoms with van der Waals surface area (Å²) < 4.78 is 27.7. The van der Waals surface area contributed by atoms with Crippen molar-refractivity contribution in [3.05, 3.63) is 60.7 Å². The fraction of sp³-hybridized carbons (Fsp3) is 0.375. The second-order valence-electron chi connectivity index (χ2n) is 11.6. The average molecular weight is 605 g/mol. The summed E-state index contributed by atoms with van der Waals surface area (Å²) in [5.41, 5.74) is -0.456. The van der Waals surface area contributed by atoms with Crippen LogP contribution in [-0.2, 0) is 29.0 Å². The van der Waals surface area contributed by atoms with Crippen LogP contribution in [0.2, 0.25) is 0 Å². The van der Waals surface area contributed by atoms with Crippen molar-refractivity contribution in [2.45, 2.75) is 49.3 Å². The van der Waals surface area contributed by atoms with Gasteiger partial charge < -0.3 is 10.2 Å². The van der Waals surface area contributed by atoms with E-state index in [-0.39, 0.29) is 33.0 Å². The second kappa shape index (κ2) is 10.5. The molecule has 1 saturated carbocycles. The van der Waals surface area contributed by atoms with E-state index in [9.17, 15) is 37.8 Å². The number of carbonyl (C=O) groups is 4. The Bertz CT molecular complexity index is 1730. The largest absolute Gasteiger partial charge is 0.506 e. The fourth-order valence-corrected chi connectivity index (χ4v) is 8.55. The molecular weight excluding hydrogens is 572 g/mol. The molecule has 2 aliphatic heterocycles. The number of amides is 4. The van der Waals surface area contributed by atoms with Gasteiger partial charge >= 0.3 is 0 Å². The van der Waals surface area contributed by atoms with Crippen LogP contribution >= 0.6 is 0 Å². The van der Waals surface area contributed by atoms with E-state index in [1.54, 1.807) is 0 Å². The average Bonchev–Trinajstić information content (AvgIpc) is 3.60. The maximum absolute atomic E-state index is 13.8. The number of fused-ring (bicyclic) bond motifs is 2. The predicted molar refractivity (Wildman–Crippen MR) is 156 cm³/mol. The Morgan fingerprint density at radius 1 is 0.814 bits per heavy atom. The lowest BCUT2D eigenvalue weighted by Crippen LogP contribution is -2.32. The number of imide groups is 2. The SMILES string of the molecule is C/C=C\C1CCC2C(=O)N(c3cc(S(=O)(=O)c4ccc(O)c(N5C(=O)C6CC=CC(CC)C6C5=O)c4)ccc3O)C(=O)C12. The lowest BCUT2D eigenvalue weighted by Gasteiger charge is -2.24. The van der Waals surface area contributed by atoms with Crippen LogP contribution in [0.4, 0.5) is 11.4 Å². The number of hydrogen-bond donors (Lipinski definition) is 2. The minimum Gasteiger partial charge on any atom is -0.506 e. The van der Waals surface area contributed by atoms with E-state index in [1.807, 2.05) is 38.2 Å². The number of carbonyl (C=O) groups excluding carboxylic acids is 4. The first-order valence-electron chi connectivity index (χ1n) is 14.5. The Labute approximate surface area is 249 Å². The molecule has 4 aliphatic rings. The third-order valence-corrected chi connectivity index (χ3v) is 11.1. The molecule has 2 aliphatic carbocycles. The standard InChI is InChI=1S/C32H32N2O8S/c1-3-6-18-9-12-22-28(18)32(40)34(30(22)38)24-16-20(11-14-26(24)36)43(41,42)19-10-13-25(35)23(15-19)33-29(37)21-8-5-7-17(4-2)27(21)31(33)39/h3,5-7,10-11,13-18,21-22,27-28,35-36H,4,8-9,12H2,1-2H3/b6-3-. The summed E-state index contributed by atoms with van der Waals surface area (Å²) in [5.74, 6) is -5.39. The van der Waals surface area contributed by atoms with E-state index in [0.717, 1.165) is 46.2 Å². The Kier molecular flexibility index (Phi) is 7.03. The van der Waals surface area contributed by atoms with Crippen LogP contribution in [0, 0.1) is 35.5 Å². The Morgan fingerprint density at radius 3 is 1.93 bits per heavy atom. The lowest BCUT2D eigenvalue weighted by atomic mass is 9.76. The van der Waals surface area contributed by atoms with Gasteiger partial charge in [0.1, 0.15) is 11.5 Å². The zero-order valence-corrected chi connectivity index (χ0v) is 24.5. The molecule has 0 spiro atoms. The van der Waals surface area contributed by atoms with Crippen LogP contribution in [0.15, 0.2) is 70.5 Å². The van der Waals surface area contributed by atoms with Gasteiger partial charge in [0.05, 0.1) is 44.8 Å². The van der Waals surface area contributed by atoms with Crippen molar-refractivity contribution in [1.29, 1.82) is 0 Å². The third kappa shape index (κ3) is 4.31. The molecule has 0 aromatic heterocycles. The number of sulfone groups is 1. The van der Waals surface area contributed by atoms with Gasteiger partial charge in [0, 0.05) is 0 Å². The Morgan fingerprint density at radius 2 is 1.37 bits per heavy atom. The number of benzene rings is 2. The minimum absolute atomic E-state index is 0.121. The molecule has 2 aromatic rings. The van der Waals surface area contributed by atoms with E-state index >= 15 is 0 Å². The van der Waals surface area contributed by atoms with Crippen LogP contribution in [0.5, 0.6) is 11.5 Å². The molecular formula is C32H32N2O8S. The van der Waals surface area contributed by atoms with Crippen LogP contribution in [0.25, 0.3) is 0 Å². The summed E-state index contributed by atoms with van der Waals surface area (Å²) in [4.78, 5) is 54.6. The molecule has 2 saturated heterocycles. The zero-order valence-electron chi connectivity index (χ0n) is 23.7. The first kappa shape index (κ1) is 28.9. The summed E-state index contributed by atoms with van der Waals surface area (Å²) in [6.07, 6.45) is 9.75. The first-order chi connectivity index (χ1) is 20.5. The molecule has 2 N–H and O–H groups in total.